The maximum Gasteiger partial charge on any atom is 0.410 e. The van der Waals surface area contributed by atoms with Gasteiger partial charge in [0.05, 0.1) is 11.6 Å². The minimum atomic E-state index is -0.571. The predicted molar refractivity (Wildman–Crippen MR) is 164 cm³/mol. The Morgan fingerprint density at radius 2 is 1.95 bits per heavy atom. The molecule has 0 saturated carbocycles. The Labute approximate surface area is 253 Å². The Morgan fingerprint density at radius 3 is 2.80 bits per heavy atom. The van der Waals surface area contributed by atoms with Crippen molar-refractivity contribution in [2.24, 2.45) is 0 Å². The van der Waals surface area contributed by atoms with Crippen LogP contribution in [0.1, 0.15) is 32.8 Å². The third kappa shape index (κ3) is 5.48. The zero-order valence-corrected chi connectivity index (χ0v) is 25.0. The van der Waals surface area contributed by atoms with Crippen LogP contribution in [0.15, 0.2) is 55.2 Å². The van der Waals surface area contributed by atoms with E-state index in [2.05, 4.69) is 30.3 Å². The standard InChI is InChI=1S/C31H33N9O4/c1-19-12-20(6-7-24(19)43-22-8-11-40-26(13-22)33-18-35-40)36-28-27-23(32-17-34-28)14-25-29(37-27)38-9-5-10-39(21(15-38)16-42-25)30(41)44-31(2,3)4/h6-8,11-14,17-18,21H,5,9-10,15-16H2,1-4H3,(H,32,34,36). The first-order valence-corrected chi connectivity index (χ1v) is 14.6. The summed E-state index contributed by atoms with van der Waals surface area (Å²) in [5.41, 5.74) is 3.19. The van der Waals surface area contributed by atoms with Crippen molar-refractivity contribution in [2.75, 3.05) is 36.5 Å². The lowest BCUT2D eigenvalue weighted by atomic mass is 10.2. The predicted octanol–water partition coefficient (Wildman–Crippen LogP) is 5.12. The molecule has 1 atom stereocenters. The van der Waals surface area contributed by atoms with E-state index in [9.17, 15) is 4.79 Å². The highest BCUT2D eigenvalue weighted by molar-refractivity contribution is 5.90. The first-order valence-electron chi connectivity index (χ1n) is 14.6. The van der Waals surface area contributed by atoms with Gasteiger partial charge in [0.25, 0.3) is 0 Å². The molecule has 1 amide bonds. The number of ether oxygens (including phenoxy) is 3. The highest BCUT2D eigenvalue weighted by Gasteiger charge is 2.36. The van der Waals surface area contributed by atoms with Crippen molar-refractivity contribution in [3.05, 3.63) is 60.8 Å². The van der Waals surface area contributed by atoms with E-state index in [0.29, 0.717) is 59.5 Å². The Hall–Kier alpha value is -5.20. The van der Waals surface area contributed by atoms with Gasteiger partial charge in [0.2, 0.25) is 0 Å². The molecule has 1 N–H and O–H groups in total. The zero-order chi connectivity index (χ0) is 30.4. The summed E-state index contributed by atoms with van der Waals surface area (Å²) in [6, 6.07) is 11.3. The number of nitrogens with one attached hydrogen (secondary N) is 1. The Morgan fingerprint density at radius 1 is 1.07 bits per heavy atom. The number of fused-ring (bicyclic) bond motifs is 6. The van der Waals surface area contributed by atoms with Crippen LogP contribution in [0.4, 0.5) is 22.1 Å². The van der Waals surface area contributed by atoms with Crippen LogP contribution in [0.2, 0.25) is 0 Å². The number of hydrogen-bond donors (Lipinski definition) is 1. The normalized spacial score (nSPS) is 16.6. The number of carbonyl (C=O) groups excluding carboxylic acids is 1. The van der Waals surface area contributed by atoms with Gasteiger partial charge >= 0.3 is 6.09 Å². The molecule has 2 aliphatic heterocycles. The number of amides is 1. The summed E-state index contributed by atoms with van der Waals surface area (Å²) >= 11 is 0. The summed E-state index contributed by atoms with van der Waals surface area (Å²) in [5, 5.41) is 7.54. The average molecular weight is 596 g/mol. The monoisotopic (exact) mass is 595 g/mol. The third-order valence-electron chi connectivity index (χ3n) is 7.53. The number of carbonyl (C=O) groups is 1. The lowest BCUT2D eigenvalue weighted by Crippen LogP contribution is -2.48. The highest BCUT2D eigenvalue weighted by atomic mass is 16.6. The van der Waals surface area contributed by atoms with E-state index in [-0.39, 0.29) is 12.1 Å². The van der Waals surface area contributed by atoms with E-state index in [0.717, 1.165) is 30.0 Å². The second kappa shape index (κ2) is 10.8. The number of anilines is 3. The molecule has 2 bridgehead atoms. The minimum absolute atomic E-state index is 0.171. The van der Waals surface area contributed by atoms with Crippen LogP contribution >= 0.6 is 0 Å². The van der Waals surface area contributed by atoms with Crippen molar-refractivity contribution in [1.29, 1.82) is 0 Å². The van der Waals surface area contributed by atoms with Crippen LogP contribution in [0, 0.1) is 6.92 Å². The smallest absolute Gasteiger partial charge is 0.410 e. The number of hydrogen-bond acceptors (Lipinski definition) is 11. The van der Waals surface area contributed by atoms with Crippen molar-refractivity contribution in [2.45, 2.75) is 45.8 Å². The summed E-state index contributed by atoms with van der Waals surface area (Å²) in [4.78, 5) is 35.2. The first-order chi connectivity index (χ1) is 21.2. The molecule has 4 aromatic heterocycles. The molecule has 1 fully saturated rings. The summed E-state index contributed by atoms with van der Waals surface area (Å²) in [6.45, 7) is 9.86. The lowest BCUT2D eigenvalue weighted by molar-refractivity contribution is 0.0136. The average Bonchev–Trinajstić information content (AvgIpc) is 3.25. The number of aromatic nitrogens is 6. The molecule has 1 unspecified atom stereocenters. The molecule has 5 aromatic rings. The summed E-state index contributed by atoms with van der Waals surface area (Å²) in [6.07, 6.45) is 5.29. The Bertz CT molecular complexity index is 1870. The van der Waals surface area contributed by atoms with Gasteiger partial charge in [0.1, 0.15) is 41.9 Å². The van der Waals surface area contributed by atoms with Gasteiger partial charge in [-0.3, -0.25) is 4.90 Å². The largest absolute Gasteiger partial charge is 0.487 e. The van der Waals surface area contributed by atoms with E-state index in [1.165, 1.54) is 12.7 Å². The molecule has 7 rings (SSSR count). The van der Waals surface area contributed by atoms with E-state index in [1.807, 2.05) is 70.3 Å². The summed E-state index contributed by atoms with van der Waals surface area (Å²) in [5.74, 6) is 3.33. The van der Waals surface area contributed by atoms with Crippen molar-refractivity contribution < 1.29 is 19.0 Å². The number of aryl methyl sites for hydroxylation is 1. The fourth-order valence-electron chi connectivity index (χ4n) is 5.49. The quantitative estimate of drug-likeness (QED) is 0.297. The molecular formula is C31H33N9O4. The van der Waals surface area contributed by atoms with Crippen LogP contribution in [0.5, 0.6) is 17.2 Å². The first kappa shape index (κ1) is 27.6. The van der Waals surface area contributed by atoms with Crippen LogP contribution in [-0.2, 0) is 4.74 Å². The maximum absolute atomic E-state index is 13.0. The molecule has 13 nitrogen and oxygen atoms in total. The Kier molecular flexibility index (Phi) is 6.79. The van der Waals surface area contributed by atoms with E-state index in [4.69, 9.17) is 19.2 Å². The Balaban J connectivity index is 1.13. The van der Waals surface area contributed by atoms with Gasteiger partial charge in [0.15, 0.2) is 23.0 Å². The fraction of sp³-hybridized carbons (Fsp3) is 0.355. The molecule has 13 heteroatoms. The van der Waals surface area contributed by atoms with Crippen molar-refractivity contribution in [3.63, 3.8) is 0 Å². The molecule has 0 aliphatic carbocycles. The molecule has 0 spiro atoms. The van der Waals surface area contributed by atoms with Crippen LogP contribution < -0.4 is 19.7 Å². The maximum atomic E-state index is 13.0. The second-order valence-corrected chi connectivity index (χ2v) is 12.0. The third-order valence-corrected chi connectivity index (χ3v) is 7.53. The summed E-state index contributed by atoms with van der Waals surface area (Å²) in [7, 11) is 0. The molecule has 1 saturated heterocycles. The van der Waals surface area contributed by atoms with Gasteiger partial charge in [-0.25, -0.2) is 29.2 Å². The van der Waals surface area contributed by atoms with Gasteiger partial charge in [-0.15, -0.1) is 0 Å². The molecule has 6 heterocycles. The lowest BCUT2D eigenvalue weighted by Gasteiger charge is -2.31. The van der Waals surface area contributed by atoms with Gasteiger partial charge in [-0.2, -0.15) is 5.10 Å². The van der Waals surface area contributed by atoms with Crippen LogP contribution in [0.25, 0.3) is 16.7 Å². The zero-order valence-electron chi connectivity index (χ0n) is 25.0. The van der Waals surface area contributed by atoms with Gasteiger partial charge in [-0.1, -0.05) is 0 Å². The SMILES string of the molecule is Cc1cc(Nc2ncnc3cc4c(nc23)N2CCCN(C(=O)OC(C)(C)C)C(CO4)C2)ccc1Oc1ccn2ncnc2c1. The van der Waals surface area contributed by atoms with Gasteiger partial charge < -0.3 is 24.4 Å². The number of nitrogens with zero attached hydrogens (tertiary/aromatic N) is 8. The minimum Gasteiger partial charge on any atom is -0.487 e. The topological polar surface area (TPSA) is 132 Å². The molecule has 226 valence electrons. The number of rotatable bonds is 4. The van der Waals surface area contributed by atoms with E-state index >= 15 is 0 Å². The molecule has 0 radical (unpaired) electrons. The second-order valence-electron chi connectivity index (χ2n) is 12.0. The van der Waals surface area contributed by atoms with Crippen molar-refractivity contribution in [1.82, 2.24) is 34.4 Å². The molecule has 1 aromatic carbocycles. The molecule has 2 aliphatic rings. The van der Waals surface area contributed by atoms with Crippen LogP contribution in [-0.4, -0.2) is 78.4 Å². The molecule has 44 heavy (non-hydrogen) atoms. The highest BCUT2D eigenvalue weighted by Crippen LogP contribution is 2.36. The number of pyridine rings is 2. The van der Waals surface area contributed by atoms with Crippen LogP contribution in [0.3, 0.4) is 0 Å². The fourth-order valence-corrected chi connectivity index (χ4v) is 5.49. The summed E-state index contributed by atoms with van der Waals surface area (Å²) < 4.78 is 19.7. The molecular weight excluding hydrogens is 562 g/mol. The van der Waals surface area contributed by atoms with Gasteiger partial charge in [0, 0.05) is 43.7 Å². The van der Waals surface area contributed by atoms with E-state index < -0.39 is 5.60 Å². The van der Waals surface area contributed by atoms with Crippen molar-refractivity contribution >= 4 is 40.1 Å². The van der Waals surface area contributed by atoms with E-state index in [1.54, 1.807) is 9.42 Å². The van der Waals surface area contributed by atoms with Crippen molar-refractivity contribution in [3.8, 4) is 17.2 Å². The van der Waals surface area contributed by atoms with Gasteiger partial charge in [-0.05, 0) is 63.9 Å². The number of benzene rings is 1.